The molecule has 1 N–H and O–H groups in total. The van der Waals surface area contributed by atoms with Crippen molar-refractivity contribution < 1.29 is 4.79 Å². The Labute approximate surface area is 112 Å². The number of pyridine rings is 1. The number of amides is 1. The van der Waals surface area contributed by atoms with E-state index in [2.05, 4.69) is 10.3 Å². The van der Waals surface area contributed by atoms with Gasteiger partial charge in [0.25, 0.3) is 0 Å². The number of rotatable bonds is 4. The van der Waals surface area contributed by atoms with E-state index in [0.29, 0.717) is 6.42 Å². The summed E-state index contributed by atoms with van der Waals surface area (Å²) in [5.41, 5.74) is 1.11. The Morgan fingerprint density at radius 1 is 1.67 bits per heavy atom. The van der Waals surface area contributed by atoms with Crippen LogP contribution >= 0.6 is 11.8 Å². The minimum atomic E-state index is 0.127. The first-order valence-corrected chi connectivity index (χ1v) is 7.61. The average molecular weight is 265 g/mol. The van der Waals surface area contributed by atoms with Crippen molar-refractivity contribution in [1.29, 1.82) is 0 Å². The number of nitrogens with one attached hydrogen (secondary N) is 1. The van der Waals surface area contributed by atoms with E-state index in [1.54, 1.807) is 18.0 Å². The lowest BCUT2D eigenvalue weighted by molar-refractivity contribution is -0.134. The van der Waals surface area contributed by atoms with Crippen LogP contribution in [0.1, 0.15) is 18.0 Å². The molecule has 0 radical (unpaired) electrons. The van der Waals surface area contributed by atoms with Crippen LogP contribution in [0.2, 0.25) is 0 Å². The summed E-state index contributed by atoms with van der Waals surface area (Å²) >= 11 is 1.72. The summed E-state index contributed by atoms with van der Waals surface area (Å²) in [6.45, 7) is 2.48. The highest BCUT2D eigenvalue weighted by atomic mass is 32.2. The lowest BCUT2D eigenvalue weighted by atomic mass is 10.1. The molecule has 1 saturated heterocycles. The van der Waals surface area contributed by atoms with Crippen molar-refractivity contribution in [2.24, 2.45) is 0 Å². The summed E-state index contributed by atoms with van der Waals surface area (Å²) in [6, 6.07) is 4.09. The Kier molecular flexibility index (Phi) is 5.01. The second-order valence-electron chi connectivity index (χ2n) is 4.34. The number of carbonyl (C=O) groups excluding carboxylic acids is 1. The molecule has 1 atom stereocenters. The van der Waals surface area contributed by atoms with Crippen LogP contribution in [-0.2, 0) is 4.79 Å². The quantitative estimate of drug-likeness (QED) is 0.891. The van der Waals surface area contributed by atoms with Gasteiger partial charge in [0, 0.05) is 44.2 Å². The molecule has 1 amide bonds. The van der Waals surface area contributed by atoms with Gasteiger partial charge < -0.3 is 10.2 Å². The topological polar surface area (TPSA) is 45.2 Å². The summed E-state index contributed by atoms with van der Waals surface area (Å²) in [5, 5.41) is 3.35. The third-order valence-electron chi connectivity index (χ3n) is 3.15. The number of aromatic nitrogens is 1. The van der Waals surface area contributed by atoms with Crippen LogP contribution in [0, 0.1) is 0 Å². The average Bonchev–Trinajstić information content (AvgIpc) is 2.45. The van der Waals surface area contributed by atoms with E-state index in [1.165, 1.54) is 0 Å². The van der Waals surface area contributed by atoms with Gasteiger partial charge in [-0.3, -0.25) is 9.78 Å². The molecule has 0 bridgehead atoms. The van der Waals surface area contributed by atoms with Gasteiger partial charge in [-0.2, -0.15) is 11.8 Å². The van der Waals surface area contributed by atoms with Crippen molar-refractivity contribution in [2.45, 2.75) is 12.5 Å². The standard InChI is InChI=1S/C13H19N3OS/c1-18-8-4-13(17)16-7-6-15-10-12(16)11-3-2-5-14-9-11/h2-3,5,9,12,15H,4,6-8,10H2,1H3. The van der Waals surface area contributed by atoms with Crippen LogP contribution in [0.5, 0.6) is 0 Å². The molecular weight excluding hydrogens is 246 g/mol. The van der Waals surface area contributed by atoms with Crippen molar-refractivity contribution in [2.75, 3.05) is 31.6 Å². The molecule has 18 heavy (non-hydrogen) atoms. The van der Waals surface area contributed by atoms with Gasteiger partial charge >= 0.3 is 0 Å². The van der Waals surface area contributed by atoms with E-state index in [0.717, 1.165) is 31.0 Å². The maximum absolute atomic E-state index is 12.2. The summed E-state index contributed by atoms with van der Waals surface area (Å²) in [4.78, 5) is 18.3. The van der Waals surface area contributed by atoms with Crippen molar-refractivity contribution in [3.63, 3.8) is 0 Å². The molecule has 2 rings (SSSR count). The van der Waals surface area contributed by atoms with Gasteiger partial charge in [0.15, 0.2) is 0 Å². The summed E-state index contributed by atoms with van der Waals surface area (Å²) in [6.07, 6.45) is 6.27. The second-order valence-corrected chi connectivity index (χ2v) is 5.32. The van der Waals surface area contributed by atoms with Gasteiger partial charge in [-0.05, 0) is 17.9 Å². The number of hydrogen-bond donors (Lipinski definition) is 1. The first-order valence-electron chi connectivity index (χ1n) is 6.22. The van der Waals surface area contributed by atoms with Crippen LogP contribution in [0.4, 0.5) is 0 Å². The Balaban J connectivity index is 2.09. The lowest BCUT2D eigenvalue weighted by Crippen LogP contribution is -2.48. The Hall–Kier alpha value is -1.07. The Morgan fingerprint density at radius 3 is 3.28 bits per heavy atom. The first-order chi connectivity index (χ1) is 8.83. The maximum Gasteiger partial charge on any atom is 0.224 e. The van der Waals surface area contributed by atoms with Gasteiger partial charge in [-0.1, -0.05) is 6.07 Å². The van der Waals surface area contributed by atoms with E-state index in [9.17, 15) is 4.79 Å². The normalized spacial score (nSPS) is 19.8. The summed E-state index contributed by atoms with van der Waals surface area (Å²) < 4.78 is 0. The fraction of sp³-hybridized carbons (Fsp3) is 0.538. The molecule has 1 unspecified atom stereocenters. The third-order valence-corrected chi connectivity index (χ3v) is 3.77. The molecule has 0 spiro atoms. The highest BCUT2D eigenvalue weighted by molar-refractivity contribution is 7.98. The van der Waals surface area contributed by atoms with E-state index in [1.807, 2.05) is 29.5 Å². The molecule has 1 aliphatic heterocycles. The Bertz CT molecular complexity index is 385. The van der Waals surface area contributed by atoms with E-state index in [4.69, 9.17) is 0 Å². The molecule has 5 heteroatoms. The van der Waals surface area contributed by atoms with Gasteiger partial charge in [0.2, 0.25) is 5.91 Å². The van der Waals surface area contributed by atoms with Crippen molar-refractivity contribution in [3.05, 3.63) is 30.1 Å². The molecule has 98 valence electrons. The number of piperazine rings is 1. The fourth-order valence-electron chi connectivity index (χ4n) is 2.21. The Morgan fingerprint density at radius 2 is 2.56 bits per heavy atom. The van der Waals surface area contributed by atoms with Crippen molar-refractivity contribution in [1.82, 2.24) is 15.2 Å². The minimum absolute atomic E-state index is 0.127. The van der Waals surface area contributed by atoms with Crippen LogP contribution < -0.4 is 5.32 Å². The highest BCUT2D eigenvalue weighted by Gasteiger charge is 2.27. The smallest absolute Gasteiger partial charge is 0.224 e. The van der Waals surface area contributed by atoms with Crippen LogP contribution in [-0.4, -0.2) is 47.4 Å². The molecule has 1 aromatic rings. The number of nitrogens with zero attached hydrogens (tertiary/aromatic N) is 2. The third kappa shape index (κ3) is 3.23. The predicted octanol–water partition coefficient (Wildman–Crippen LogP) is 1.31. The molecule has 2 heterocycles. The van der Waals surface area contributed by atoms with Gasteiger partial charge in [-0.15, -0.1) is 0 Å². The molecule has 0 aliphatic carbocycles. The van der Waals surface area contributed by atoms with Crippen molar-refractivity contribution in [3.8, 4) is 0 Å². The van der Waals surface area contributed by atoms with Crippen LogP contribution in [0.15, 0.2) is 24.5 Å². The second kappa shape index (κ2) is 6.75. The van der Waals surface area contributed by atoms with Crippen molar-refractivity contribution >= 4 is 17.7 Å². The summed E-state index contributed by atoms with van der Waals surface area (Å²) in [7, 11) is 0. The highest BCUT2D eigenvalue weighted by Crippen LogP contribution is 2.22. The summed E-state index contributed by atoms with van der Waals surface area (Å²) in [5.74, 6) is 1.14. The molecule has 1 aliphatic rings. The SMILES string of the molecule is CSCCC(=O)N1CCNCC1c1cccnc1. The molecule has 4 nitrogen and oxygen atoms in total. The number of thioether (sulfide) groups is 1. The van der Waals surface area contributed by atoms with E-state index in [-0.39, 0.29) is 11.9 Å². The monoisotopic (exact) mass is 265 g/mol. The predicted molar refractivity (Wildman–Crippen MR) is 74.6 cm³/mol. The minimum Gasteiger partial charge on any atom is -0.333 e. The zero-order valence-corrected chi connectivity index (χ0v) is 11.4. The molecular formula is C13H19N3OS. The molecule has 1 fully saturated rings. The van der Waals surface area contributed by atoms with Crippen LogP contribution in [0.3, 0.4) is 0 Å². The largest absolute Gasteiger partial charge is 0.333 e. The zero-order chi connectivity index (χ0) is 12.8. The van der Waals surface area contributed by atoms with Gasteiger partial charge in [0.05, 0.1) is 6.04 Å². The first kappa shape index (κ1) is 13.4. The molecule has 1 aromatic heterocycles. The van der Waals surface area contributed by atoms with Gasteiger partial charge in [0.1, 0.15) is 0 Å². The number of carbonyl (C=O) groups is 1. The maximum atomic E-state index is 12.2. The van der Waals surface area contributed by atoms with Crippen LogP contribution in [0.25, 0.3) is 0 Å². The van der Waals surface area contributed by atoms with E-state index < -0.39 is 0 Å². The molecule has 0 saturated carbocycles. The fourth-order valence-corrected chi connectivity index (χ4v) is 2.59. The number of hydrogen-bond acceptors (Lipinski definition) is 4. The lowest BCUT2D eigenvalue weighted by Gasteiger charge is -2.36. The van der Waals surface area contributed by atoms with Gasteiger partial charge in [-0.25, -0.2) is 0 Å². The van der Waals surface area contributed by atoms with E-state index >= 15 is 0 Å². The molecule has 0 aromatic carbocycles. The zero-order valence-electron chi connectivity index (χ0n) is 10.6.